The quantitative estimate of drug-likeness (QED) is 0.880. The van der Waals surface area contributed by atoms with Crippen LogP contribution in [0.25, 0.3) is 0 Å². The minimum atomic E-state index is -0.00717. The van der Waals surface area contributed by atoms with Crippen LogP contribution >= 0.6 is 0 Å². The third-order valence-electron chi connectivity index (χ3n) is 3.51. The summed E-state index contributed by atoms with van der Waals surface area (Å²) in [5.74, 6) is -0.00717. The maximum absolute atomic E-state index is 12.0. The Bertz CT molecular complexity index is 608. The van der Waals surface area contributed by atoms with E-state index in [1.807, 2.05) is 51.1 Å². The molecule has 1 unspecified atom stereocenters. The van der Waals surface area contributed by atoms with Crippen LogP contribution in [0, 0.1) is 13.8 Å². The summed E-state index contributed by atoms with van der Waals surface area (Å²) in [4.78, 5) is 12.0. The smallest absolute Gasteiger partial charge is 0.239 e. The van der Waals surface area contributed by atoms with Crippen molar-refractivity contribution in [2.45, 2.75) is 26.8 Å². The minimum Gasteiger partial charge on any atom is -0.376 e. The highest BCUT2D eigenvalue weighted by molar-refractivity contribution is 5.81. The molecule has 2 rings (SSSR count). The second-order valence-electron chi connectivity index (χ2n) is 5.37. The lowest BCUT2D eigenvalue weighted by molar-refractivity contribution is -0.120. The zero-order chi connectivity index (χ0) is 15.2. The molecule has 0 heterocycles. The van der Waals surface area contributed by atoms with Crippen LogP contribution in [-0.4, -0.2) is 12.5 Å². The normalized spacial score (nSPS) is 11.8. The van der Waals surface area contributed by atoms with Gasteiger partial charge in [-0.25, -0.2) is 0 Å². The van der Waals surface area contributed by atoms with Gasteiger partial charge in [-0.1, -0.05) is 42.5 Å². The Hall–Kier alpha value is -2.29. The topological polar surface area (TPSA) is 41.1 Å². The molecule has 0 saturated heterocycles. The molecule has 2 N–H and O–H groups in total. The van der Waals surface area contributed by atoms with Gasteiger partial charge in [-0.3, -0.25) is 4.79 Å². The average Bonchev–Trinajstić information content (AvgIpc) is 2.49. The van der Waals surface area contributed by atoms with Gasteiger partial charge in [-0.2, -0.15) is 0 Å². The predicted molar refractivity (Wildman–Crippen MR) is 87.4 cm³/mol. The molecule has 0 radical (unpaired) electrons. The number of rotatable bonds is 5. The van der Waals surface area contributed by atoms with Crippen LogP contribution < -0.4 is 10.6 Å². The fourth-order valence-corrected chi connectivity index (χ4v) is 2.22. The molecule has 0 bridgehead atoms. The number of amides is 1. The number of carbonyl (C=O) groups is 1. The van der Waals surface area contributed by atoms with Crippen molar-refractivity contribution in [1.82, 2.24) is 5.32 Å². The van der Waals surface area contributed by atoms with Crippen LogP contribution in [0.4, 0.5) is 5.69 Å². The van der Waals surface area contributed by atoms with E-state index in [2.05, 4.69) is 28.8 Å². The number of hydrogen-bond acceptors (Lipinski definition) is 2. The fraction of sp³-hybridized carbons (Fsp3) is 0.278. The molecule has 0 aromatic heterocycles. The SMILES string of the molecule is Cc1ccc(C)c(NCC(=O)NC(C)c2ccccc2)c1. The van der Waals surface area contributed by atoms with Crippen molar-refractivity contribution in [1.29, 1.82) is 0 Å². The highest BCUT2D eigenvalue weighted by Crippen LogP contribution is 2.16. The molecular weight excluding hydrogens is 260 g/mol. The van der Waals surface area contributed by atoms with Gasteiger partial charge in [-0.15, -0.1) is 0 Å². The predicted octanol–water partition coefficient (Wildman–Crippen LogP) is 3.59. The summed E-state index contributed by atoms with van der Waals surface area (Å²) in [7, 11) is 0. The largest absolute Gasteiger partial charge is 0.376 e. The lowest BCUT2D eigenvalue weighted by Crippen LogP contribution is -2.32. The van der Waals surface area contributed by atoms with E-state index in [1.165, 1.54) is 5.56 Å². The lowest BCUT2D eigenvalue weighted by Gasteiger charge is -2.15. The van der Waals surface area contributed by atoms with Crippen molar-refractivity contribution in [3.63, 3.8) is 0 Å². The molecule has 1 amide bonds. The number of hydrogen-bond donors (Lipinski definition) is 2. The molecule has 3 nitrogen and oxygen atoms in total. The molecule has 0 spiro atoms. The Morgan fingerprint density at radius 3 is 2.52 bits per heavy atom. The Kier molecular flexibility index (Phi) is 4.99. The molecule has 1 atom stereocenters. The molecule has 0 aliphatic carbocycles. The number of benzene rings is 2. The first-order valence-corrected chi connectivity index (χ1v) is 7.21. The van der Waals surface area contributed by atoms with Crippen molar-refractivity contribution >= 4 is 11.6 Å². The van der Waals surface area contributed by atoms with Crippen molar-refractivity contribution in [3.8, 4) is 0 Å². The Labute approximate surface area is 126 Å². The minimum absolute atomic E-state index is 0.00717. The molecule has 0 saturated carbocycles. The van der Waals surface area contributed by atoms with E-state index in [0.29, 0.717) is 0 Å². The number of nitrogens with one attached hydrogen (secondary N) is 2. The van der Waals surface area contributed by atoms with E-state index in [9.17, 15) is 4.79 Å². The van der Waals surface area contributed by atoms with Crippen LogP contribution in [0.3, 0.4) is 0 Å². The number of carbonyl (C=O) groups excluding carboxylic acids is 1. The molecule has 2 aromatic rings. The van der Waals surface area contributed by atoms with Crippen molar-refractivity contribution in [2.75, 3.05) is 11.9 Å². The molecule has 3 heteroatoms. The summed E-state index contributed by atoms with van der Waals surface area (Å²) in [6.45, 7) is 6.35. The van der Waals surface area contributed by atoms with Crippen molar-refractivity contribution < 1.29 is 4.79 Å². The summed E-state index contributed by atoms with van der Waals surface area (Å²) in [5.41, 5.74) is 4.45. The lowest BCUT2D eigenvalue weighted by atomic mass is 10.1. The number of aryl methyl sites for hydroxylation is 2. The van der Waals surface area contributed by atoms with Gasteiger partial charge < -0.3 is 10.6 Å². The van der Waals surface area contributed by atoms with E-state index < -0.39 is 0 Å². The van der Waals surface area contributed by atoms with Crippen LogP contribution in [0.5, 0.6) is 0 Å². The van der Waals surface area contributed by atoms with Crippen molar-refractivity contribution in [2.24, 2.45) is 0 Å². The van der Waals surface area contributed by atoms with Crippen LogP contribution in [0.15, 0.2) is 48.5 Å². The van der Waals surface area contributed by atoms with Crippen LogP contribution in [-0.2, 0) is 4.79 Å². The Morgan fingerprint density at radius 2 is 1.81 bits per heavy atom. The van der Waals surface area contributed by atoms with Crippen LogP contribution in [0.2, 0.25) is 0 Å². The molecular formula is C18H22N2O. The zero-order valence-corrected chi connectivity index (χ0v) is 12.8. The standard InChI is InChI=1S/C18H22N2O/c1-13-9-10-14(2)17(11-13)19-12-18(21)20-15(3)16-7-5-4-6-8-16/h4-11,15,19H,12H2,1-3H3,(H,20,21). The van der Waals surface area contributed by atoms with Gasteiger partial charge in [0.05, 0.1) is 12.6 Å². The first-order valence-electron chi connectivity index (χ1n) is 7.21. The maximum atomic E-state index is 12.0. The van der Waals surface area contributed by atoms with Gasteiger partial charge in [0.25, 0.3) is 0 Å². The third kappa shape index (κ3) is 4.35. The monoisotopic (exact) mass is 282 g/mol. The summed E-state index contributed by atoms with van der Waals surface area (Å²) in [6.07, 6.45) is 0. The van der Waals surface area contributed by atoms with E-state index in [-0.39, 0.29) is 18.5 Å². The molecule has 21 heavy (non-hydrogen) atoms. The molecule has 0 aliphatic rings. The third-order valence-corrected chi connectivity index (χ3v) is 3.51. The molecule has 0 aliphatic heterocycles. The first kappa shape index (κ1) is 15.1. The van der Waals surface area contributed by atoms with E-state index in [0.717, 1.165) is 16.8 Å². The van der Waals surface area contributed by atoms with E-state index >= 15 is 0 Å². The van der Waals surface area contributed by atoms with Gasteiger partial charge in [-0.05, 0) is 43.5 Å². The van der Waals surface area contributed by atoms with Gasteiger partial charge >= 0.3 is 0 Å². The average molecular weight is 282 g/mol. The second kappa shape index (κ2) is 6.93. The highest BCUT2D eigenvalue weighted by atomic mass is 16.1. The highest BCUT2D eigenvalue weighted by Gasteiger charge is 2.09. The number of anilines is 1. The first-order chi connectivity index (χ1) is 10.1. The van der Waals surface area contributed by atoms with Gasteiger partial charge in [0.2, 0.25) is 5.91 Å². The van der Waals surface area contributed by atoms with Gasteiger partial charge in [0.15, 0.2) is 0 Å². The Balaban J connectivity index is 1.89. The zero-order valence-electron chi connectivity index (χ0n) is 12.8. The van der Waals surface area contributed by atoms with Crippen LogP contribution in [0.1, 0.15) is 29.7 Å². The summed E-state index contributed by atoms with van der Waals surface area (Å²) < 4.78 is 0. The second-order valence-corrected chi connectivity index (χ2v) is 5.37. The van der Waals surface area contributed by atoms with E-state index in [1.54, 1.807) is 0 Å². The fourth-order valence-electron chi connectivity index (χ4n) is 2.22. The molecule has 0 fully saturated rings. The van der Waals surface area contributed by atoms with Crippen molar-refractivity contribution in [3.05, 3.63) is 65.2 Å². The van der Waals surface area contributed by atoms with Gasteiger partial charge in [0.1, 0.15) is 0 Å². The van der Waals surface area contributed by atoms with Gasteiger partial charge in [0, 0.05) is 5.69 Å². The maximum Gasteiger partial charge on any atom is 0.239 e. The Morgan fingerprint density at radius 1 is 1.10 bits per heavy atom. The molecule has 2 aromatic carbocycles. The summed E-state index contributed by atoms with van der Waals surface area (Å²) >= 11 is 0. The molecule has 110 valence electrons. The summed E-state index contributed by atoms with van der Waals surface area (Å²) in [5, 5.41) is 6.20. The summed E-state index contributed by atoms with van der Waals surface area (Å²) in [6, 6.07) is 16.2. The van der Waals surface area contributed by atoms with E-state index in [4.69, 9.17) is 0 Å².